The van der Waals surface area contributed by atoms with Crippen LogP contribution in [0.1, 0.15) is 28.3 Å². The van der Waals surface area contributed by atoms with Gasteiger partial charge in [0.05, 0.1) is 11.8 Å². The van der Waals surface area contributed by atoms with Crippen LogP contribution in [0.3, 0.4) is 0 Å². The van der Waals surface area contributed by atoms with Crippen LogP contribution in [0.15, 0.2) is 36.5 Å². The molecule has 1 aromatic carbocycles. The summed E-state index contributed by atoms with van der Waals surface area (Å²) < 4.78 is 26.9. The molecule has 2 aromatic heterocycles. The summed E-state index contributed by atoms with van der Waals surface area (Å²) in [5.41, 5.74) is 0.356. The van der Waals surface area contributed by atoms with Crippen molar-refractivity contribution in [1.82, 2.24) is 30.3 Å². The van der Waals surface area contributed by atoms with Crippen molar-refractivity contribution >= 4 is 5.91 Å². The zero-order valence-electron chi connectivity index (χ0n) is 13.4. The van der Waals surface area contributed by atoms with Gasteiger partial charge in [0.15, 0.2) is 5.82 Å². The summed E-state index contributed by atoms with van der Waals surface area (Å²) in [7, 11) is 1.37. The van der Waals surface area contributed by atoms with Crippen LogP contribution in [0.5, 0.6) is 0 Å². The maximum atomic E-state index is 13.0. The van der Waals surface area contributed by atoms with Gasteiger partial charge >= 0.3 is 0 Å². The number of nitrogens with one attached hydrogen (secondary N) is 2. The average Bonchev–Trinajstić information content (AvgIpc) is 3.22. The van der Waals surface area contributed by atoms with Gasteiger partial charge in [-0.1, -0.05) is 30.3 Å². The quantitative estimate of drug-likeness (QED) is 0.715. The molecule has 3 aromatic rings. The van der Waals surface area contributed by atoms with E-state index in [0.717, 1.165) is 16.4 Å². The van der Waals surface area contributed by atoms with Gasteiger partial charge in [-0.15, -0.1) is 0 Å². The number of aryl methyl sites for hydroxylation is 1. The molecule has 0 radical (unpaired) electrons. The number of nitrogens with zero attached hydrogens (tertiary/aromatic N) is 4. The number of halogens is 2. The van der Waals surface area contributed by atoms with Gasteiger partial charge in [-0.25, -0.2) is 13.8 Å². The highest BCUT2D eigenvalue weighted by molar-refractivity contribution is 5.95. The molecule has 0 saturated carbocycles. The van der Waals surface area contributed by atoms with Crippen molar-refractivity contribution in [2.24, 2.45) is 7.05 Å². The highest BCUT2D eigenvalue weighted by Gasteiger charge is 2.22. The van der Waals surface area contributed by atoms with E-state index in [2.05, 4.69) is 25.6 Å². The molecule has 7 nitrogen and oxygen atoms in total. The SMILES string of the molecule is Cn1ncc(C(=O)NCCc2nc(-c3ccccc3)n[nH]2)c1C(F)F. The third-order valence-electron chi connectivity index (χ3n) is 3.65. The van der Waals surface area contributed by atoms with E-state index in [1.165, 1.54) is 7.05 Å². The molecule has 0 atom stereocenters. The first-order valence-corrected chi connectivity index (χ1v) is 7.61. The van der Waals surface area contributed by atoms with Gasteiger partial charge in [0.2, 0.25) is 0 Å². The molecule has 0 aliphatic rings. The molecule has 0 spiro atoms. The lowest BCUT2D eigenvalue weighted by Gasteiger charge is -2.05. The van der Waals surface area contributed by atoms with Gasteiger partial charge in [-0.2, -0.15) is 10.2 Å². The number of amides is 1. The predicted molar refractivity (Wildman–Crippen MR) is 86.0 cm³/mol. The van der Waals surface area contributed by atoms with E-state index in [1.807, 2.05) is 30.3 Å². The van der Waals surface area contributed by atoms with Crippen LogP contribution in [0.4, 0.5) is 8.78 Å². The standard InChI is InChI=1S/C16H16F2N6O/c1-24-13(14(17)18)11(9-20-24)16(25)19-8-7-12-21-15(23-22-12)10-5-3-2-4-6-10/h2-6,9,14H,7-8H2,1H3,(H,19,25)(H,21,22,23). The largest absolute Gasteiger partial charge is 0.351 e. The summed E-state index contributed by atoms with van der Waals surface area (Å²) in [5.74, 6) is 0.569. The number of rotatable bonds is 6. The average molecular weight is 346 g/mol. The van der Waals surface area contributed by atoms with Crippen molar-refractivity contribution in [1.29, 1.82) is 0 Å². The Morgan fingerprint density at radius 3 is 2.80 bits per heavy atom. The minimum absolute atomic E-state index is 0.125. The second-order valence-corrected chi connectivity index (χ2v) is 5.35. The lowest BCUT2D eigenvalue weighted by atomic mass is 10.2. The van der Waals surface area contributed by atoms with Crippen molar-refractivity contribution in [3.8, 4) is 11.4 Å². The van der Waals surface area contributed by atoms with E-state index in [0.29, 0.717) is 18.1 Å². The van der Waals surface area contributed by atoms with Crippen molar-refractivity contribution in [2.45, 2.75) is 12.8 Å². The van der Waals surface area contributed by atoms with Crippen LogP contribution in [-0.2, 0) is 13.5 Å². The van der Waals surface area contributed by atoms with Gasteiger partial charge in [0.1, 0.15) is 11.5 Å². The normalized spacial score (nSPS) is 11.0. The molecule has 130 valence electrons. The number of hydrogen-bond donors (Lipinski definition) is 2. The number of aromatic amines is 1. The highest BCUT2D eigenvalue weighted by atomic mass is 19.3. The van der Waals surface area contributed by atoms with E-state index in [-0.39, 0.29) is 12.1 Å². The Morgan fingerprint density at radius 2 is 2.08 bits per heavy atom. The summed E-state index contributed by atoms with van der Waals surface area (Å²) in [6, 6.07) is 9.46. The van der Waals surface area contributed by atoms with Gasteiger partial charge < -0.3 is 5.32 Å². The number of carbonyl (C=O) groups excluding carboxylic acids is 1. The van der Waals surface area contributed by atoms with E-state index < -0.39 is 18.0 Å². The molecule has 0 fully saturated rings. The third-order valence-corrected chi connectivity index (χ3v) is 3.65. The molecule has 0 aliphatic carbocycles. The van der Waals surface area contributed by atoms with E-state index in [4.69, 9.17) is 0 Å². The smallest absolute Gasteiger partial charge is 0.280 e. The van der Waals surface area contributed by atoms with E-state index in [1.54, 1.807) is 0 Å². The van der Waals surface area contributed by atoms with Crippen LogP contribution in [0, 0.1) is 0 Å². The molecule has 25 heavy (non-hydrogen) atoms. The lowest BCUT2D eigenvalue weighted by Crippen LogP contribution is -2.26. The molecule has 3 rings (SSSR count). The van der Waals surface area contributed by atoms with Crippen molar-refractivity contribution in [2.75, 3.05) is 6.54 Å². The zero-order valence-corrected chi connectivity index (χ0v) is 13.4. The Hall–Kier alpha value is -3.10. The van der Waals surface area contributed by atoms with E-state index in [9.17, 15) is 13.6 Å². The number of H-pyrrole nitrogens is 1. The van der Waals surface area contributed by atoms with Crippen LogP contribution in [-0.4, -0.2) is 37.4 Å². The fraction of sp³-hybridized carbons (Fsp3) is 0.250. The topological polar surface area (TPSA) is 88.5 Å². The summed E-state index contributed by atoms with van der Waals surface area (Å²) in [5, 5.41) is 13.2. The molecule has 1 amide bonds. The first-order valence-electron chi connectivity index (χ1n) is 7.61. The first kappa shape index (κ1) is 16.7. The Kier molecular flexibility index (Phi) is 4.82. The Bertz CT molecular complexity index is 859. The van der Waals surface area contributed by atoms with Crippen molar-refractivity contribution < 1.29 is 13.6 Å². The molecule has 0 bridgehead atoms. The molecular weight excluding hydrogens is 330 g/mol. The van der Waals surface area contributed by atoms with Crippen molar-refractivity contribution in [3.05, 3.63) is 53.6 Å². The summed E-state index contributed by atoms with van der Waals surface area (Å²) in [6.07, 6.45) is -1.23. The summed E-state index contributed by atoms with van der Waals surface area (Å²) >= 11 is 0. The van der Waals surface area contributed by atoms with Crippen molar-refractivity contribution in [3.63, 3.8) is 0 Å². The molecule has 2 N–H and O–H groups in total. The number of alkyl halides is 2. The minimum Gasteiger partial charge on any atom is -0.351 e. The monoisotopic (exact) mass is 346 g/mol. The predicted octanol–water partition coefficient (Wildman–Crippen LogP) is 2.12. The second kappa shape index (κ2) is 7.20. The lowest BCUT2D eigenvalue weighted by molar-refractivity contribution is 0.0937. The Morgan fingerprint density at radius 1 is 1.32 bits per heavy atom. The summed E-state index contributed by atoms with van der Waals surface area (Å²) in [6.45, 7) is 0.236. The zero-order chi connectivity index (χ0) is 17.8. The van der Waals surface area contributed by atoms with E-state index >= 15 is 0 Å². The van der Waals surface area contributed by atoms with Gasteiger partial charge in [-0.3, -0.25) is 14.6 Å². The fourth-order valence-corrected chi connectivity index (χ4v) is 2.39. The molecule has 0 unspecified atom stereocenters. The van der Waals surface area contributed by atoms with Crippen LogP contribution >= 0.6 is 0 Å². The Balaban J connectivity index is 1.59. The number of hydrogen-bond acceptors (Lipinski definition) is 4. The Labute approximate surface area is 142 Å². The first-order chi connectivity index (χ1) is 12.1. The molecule has 9 heteroatoms. The van der Waals surface area contributed by atoms with Crippen LogP contribution < -0.4 is 5.32 Å². The summed E-state index contributed by atoms with van der Waals surface area (Å²) in [4.78, 5) is 16.4. The van der Waals surface area contributed by atoms with Crippen LogP contribution in [0.25, 0.3) is 11.4 Å². The molecule has 0 aliphatic heterocycles. The van der Waals surface area contributed by atoms with Crippen LogP contribution in [0.2, 0.25) is 0 Å². The second-order valence-electron chi connectivity index (χ2n) is 5.35. The van der Waals surface area contributed by atoms with Gasteiger partial charge in [-0.05, 0) is 0 Å². The fourth-order valence-electron chi connectivity index (χ4n) is 2.39. The van der Waals surface area contributed by atoms with Gasteiger partial charge in [0, 0.05) is 25.6 Å². The highest BCUT2D eigenvalue weighted by Crippen LogP contribution is 2.21. The minimum atomic E-state index is -2.77. The number of benzene rings is 1. The molecule has 2 heterocycles. The molecule has 0 saturated heterocycles. The third kappa shape index (κ3) is 3.70. The van der Waals surface area contributed by atoms with Gasteiger partial charge in [0.25, 0.3) is 12.3 Å². The number of aromatic nitrogens is 5. The number of carbonyl (C=O) groups is 1. The maximum Gasteiger partial charge on any atom is 0.280 e. The molecular formula is C16H16F2N6O. The maximum absolute atomic E-state index is 13.0.